The molecule has 11 aromatic rings. The van der Waals surface area contributed by atoms with Crippen LogP contribution in [0.1, 0.15) is 78.0 Å². The zero-order valence-electron chi connectivity index (χ0n) is 40.4. The van der Waals surface area contributed by atoms with Gasteiger partial charge in [-0.25, -0.2) is 9.97 Å². The van der Waals surface area contributed by atoms with Gasteiger partial charge in [0.05, 0.1) is 33.2 Å². The number of para-hydroxylation sites is 3. The zero-order valence-corrected chi connectivity index (χ0v) is 42.7. The van der Waals surface area contributed by atoms with Gasteiger partial charge in [0.15, 0.2) is 0 Å². The van der Waals surface area contributed by atoms with E-state index in [0.717, 1.165) is 72.3 Å². The maximum Gasteiger partial charge on any atom is 0.218 e. The first kappa shape index (κ1) is 45.7. The Balaban J connectivity index is 0.00000553. The van der Waals surface area contributed by atoms with E-state index in [0.29, 0.717) is 39.6 Å². The summed E-state index contributed by atoms with van der Waals surface area (Å²) >= 11 is 0. The van der Waals surface area contributed by atoms with Gasteiger partial charge in [0.1, 0.15) is 11.6 Å². The number of oxazole rings is 1. The van der Waals surface area contributed by atoms with Crippen LogP contribution in [0, 0.1) is 6.07 Å². The van der Waals surface area contributed by atoms with Crippen molar-refractivity contribution in [2.24, 2.45) is 7.05 Å². The molecule has 7 aromatic carbocycles. The van der Waals surface area contributed by atoms with E-state index < -0.39 is 0 Å². The number of aromatic nitrogens is 5. The van der Waals surface area contributed by atoms with Gasteiger partial charge in [0.2, 0.25) is 5.89 Å². The van der Waals surface area contributed by atoms with Crippen molar-refractivity contribution in [1.29, 1.82) is 0 Å². The van der Waals surface area contributed by atoms with E-state index in [-0.39, 0.29) is 43.6 Å². The van der Waals surface area contributed by atoms with Crippen molar-refractivity contribution in [3.8, 4) is 67.8 Å². The first-order valence-corrected chi connectivity index (χ1v) is 23.5. The standard InChI is InChI=1S/C61H54N5O2.Pt/c1-36(2)47-35-62-49(34-54(47)66-51-27-17-15-23-42(51)43-24-16-18-28-52(43)66)45-30-38(31-50-57(45)68-59(63-50)44-25-14-13-22-40(44)37-20-11-10-12-21-37)41-26-19-29-53-55(41)64-58(65(53)9)46-32-39(60(3,4)5)33-48(56(46)67)61(6,7)8;/h10-29,31-36,67H,1-9H3;/q-1;. The van der Waals surface area contributed by atoms with Crippen LogP contribution in [0.25, 0.3) is 106 Å². The maximum atomic E-state index is 12.0. The third kappa shape index (κ3) is 7.78. The number of aromatic hydroxyl groups is 1. The molecule has 0 atom stereocenters. The van der Waals surface area contributed by atoms with Gasteiger partial charge in [0, 0.05) is 73.1 Å². The summed E-state index contributed by atoms with van der Waals surface area (Å²) in [5, 5.41) is 14.4. The molecular formula is C61H54N5O2Pt-. The summed E-state index contributed by atoms with van der Waals surface area (Å²) in [7, 11) is 2.03. The number of nitrogens with zero attached hydrogens (tertiary/aromatic N) is 5. The molecule has 346 valence electrons. The summed E-state index contributed by atoms with van der Waals surface area (Å²) in [5.41, 5.74) is 15.8. The molecule has 11 rings (SSSR count). The third-order valence-corrected chi connectivity index (χ3v) is 13.5. The maximum absolute atomic E-state index is 12.0. The first-order chi connectivity index (χ1) is 32.7. The van der Waals surface area contributed by atoms with Gasteiger partial charge in [-0.3, -0.25) is 4.98 Å². The van der Waals surface area contributed by atoms with Crippen LogP contribution in [-0.2, 0) is 38.9 Å². The number of hydrogen-bond acceptors (Lipinski definition) is 5. The molecule has 0 saturated carbocycles. The van der Waals surface area contributed by atoms with Crippen LogP contribution in [0.4, 0.5) is 0 Å². The molecule has 0 saturated heterocycles. The Kier molecular flexibility index (Phi) is 11.4. The van der Waals surface area contributed by atoms with E-state index in [1.54, 1.807) is 0 Å². The topological polar surface area (TPSA) is 81.9 Å². The van der Waals surface area contributed by atoms with Gasteiger partial charge < -0.3 is 18.7 Å². The largest absolute Gasteiger partial charge is 0.507 e. The number of phenols is 1. The number of fused-ring (bicyclic) bond motifs is 5. The molecule has 0 aliphatic carbocycles. The van der Waals surface area contributed by atoms with Crippen molar-refractivity contribution in [2.75, 3.05) is 0 Å². The second kappa shape index (κ2) is 17.2. The minimum atomic E-state index is -0.294. The van der Waals surface area contributed by atoms with Crippen LogP contribution < -0.4 is 0 Å². The molecule has 0 radical (unpaired) electrons. The van der Waals surface area contributed by atoms with Crippen LogP contribution in [0.5, 0.6) is 5.75 Å². The van der Waals surface area contributed by atoms with E-state index in [1.165, 1.54) is 10.8 Å². The fourth-order valence-corrected chi connectivity index (χ4v) is 9.85. The van der Waals surface area contributed by atoms with E-state index in [4.69, 9.17) is 19.4 Å². The van der Waals surface area contributed by atoms with Crippen LogP contribution in [-0.4, -0.2) is 29.2 Å². The zero-order chi connectivity index (χ0) is 47.2. The average Bonchev–Trinajstić information content (AvgIpc) is 4.02. The molecule has 0 unspecified atom stereocenters. The number of hydrogen-bond donors (Lipinski definition) is 1. The predicted molar refractivity (Wildman–Crippen MR) is 280 cm³/mol. The SMILES string of the molecule is CC(C)c1cnc(-c2[c-]c(-c3cccc4c3nc(-c3cc(C(C)(C)C)cc(C(C)(C)C)c3O)n4C)cc3nc(-c4ccccc4-c4ccccc4)oc23)cc1-n1c2ccccc2c2ccccc21.[Pt]. The molecule has 1 N–H and O–H groups in total. The molecule has 7 nitrogen and oxygen atoms in total. The Morgan fingerprint density at radius 1 is 0.638 bits per heavy atom. The van der Waals surface area contributed by atoms with Gasteiger partial charge in [-0.15, -0.1) is 11.6 Å². The average molecular weight is 1080 g/mol. The van der Waals surface area contributed by atoms with Crippen molar-refractivity contribution < 1.29 is 30.6 Å². The second-order valence-corrected chi connectivity index (χ2v) is 20.4. The molecule has 4 aromatic heterocycles. The molecule has 0 spiro atoms. The van der Waals surface area contributed by atoms with Crippen molar-refractivity contribution in [3.63, 3.8) is 0 Å². The first-order valence-electron chi connectivity index (χ1n) is 23.5. The molecule has 69 heavy (non-hydrogen) atoms. The van der Waals surface area contributed by atoms with Gasteiger partial charge in [-0.2, -0.15) is 0 Å². The summed E-state index contributed by atoms with van der Waals surface area (Å²) in [6, 6.07) is 54.4. The van der Waals surface area contributed by atoms with Crippen LogP contribution in [0.2, 0.25) is 0 Å². The summed E-state index contributed by atoms with van der Waals surface area (Å²) in [6.45, 7) is 17.5. The molecule has 4 heterocycles. The number of aryl methyl sites for hydroxylation is 1. The Bertz CT molecular complexity index is 3720. The van der Waals surface area contributed by atoms with Crippen molar-refractivity contribution in [1.82, 2.24) is 24.1 Å². The van der Waals surface area contributed by atoms with Crippen LogP contribution in [0.3, 0.4) is 0 Å². The van der Waals surface area contributed by atoms with E-state index in [2.05, 4.69) is 198 Å². The fraction of sp³-hybridized carbons (Fsp3) is 0.197. The molecule has 0 aliphatic rings. The number of phenolic OH excluding ortho intramolecular Hbond substituents is 1. The molecule has 0 bridgehead atoms. The minimum absolute atomic E-state index is 0. The monoisotopic (exact) mass is 1080 g/mol. The Hall–Kier alpha value is -7.08. The van der Waals surface area contributed by atoms with Gasteiger partial charge in [0.25, 0.3) is 0 Å². The van der Waals surface area contributed by atoms with Crippen LogP contribution in [0.15, 0.2) is 156 Å². The Morgan fingerprint density at radius 2 is 1.26 bits per heavy atom. The summed E-state index contributed by atoms with van der Waals surface area (Å²) in [4.78, 5) is 15.9. The van der Waals surface area contributed by atoms with Gasteiger partial charge in [-0.1, -0.05) is 176 Å². The fourth-order valence-electron chi connectivity index (χ4n) is 9.85. The number of pyridine rings is 1. The number of rotatable bonds is 7. The van der Waals surface area contributed by atoms with Crippen LogP contribution >= 0.6 is 0 Å². The third-order valence-electron chi connectivity index (χ3n) is 13.5. The smallest absolute Gasteiger partial charge is 0.218 e. The molecular weight excluding hydrogens is 1030 g/mol. The van der Waals surface area contributed by atoms with E-state index >= 15 is 0 Å². The summed E-state index contributed by atoms with van der Waals surface area (Å²) < 4.78 is 11.4. The minimum Gasteiger partial charge on any atom is -0.507 e. The Labute approximate surface area is 417 Å². The molecule has 0 amide bonds. The summed E-state index contributed by atoms with van der Waals surface area (Å²) in [6.07, 6.45) is 2.02. The predicted octanol–water partition coefficient (Wildman–Crippen LogP) is 15.8. The van der Waals surface area contributed by atoms with Gasteiger partial charge in [-0.05, 0) is 75.4 Å². The van der Waals surface area contributed by atoms with E-state index in [1.807, 2.05) is 31.4 Å². The number of benzene rings is 7. The quantitative estimate of drug-likeness (QED) is 0.161. The number of imidazole rings is 1. The normalized spacial score (nSPS) is 12.2. The van der Waals surface area contributed by atoms with Crippen molar-refractivity contribution in [2.45, 2.75) is 72.1 Å². The summed E-state index contributed by atoms with van der Waals surface area (Å²) in [5.74, 6) is 1.63. The van der Waals surface area contributed by atoms with Crippen molar-refractivity contribution >= 4 is 43.9 Å². The molecule has 8 heteroatoms. The second-order valence-electron chi connectivity index (χ2n) is 20.4. The van der Waals surface area contributed by atoms with Crippen molar-refractivity contribution in [3.05, 3.63) is 175 Å². The Morgan fingerprint density at radius 3 is 1.93 bits per heavy atom. The van der Waals surface area contributed by atoms with Gasteiger partial charge >= 0.3 is 0 Å². The van der Waals surface area contributed by atoms with E-state index in [9.17, 15) is 5.11 Å². The molecule has 0 fully saturated rings. The molecule has 0 aliphatic heterocycles.